The lowest BCUT2D eigenvalue weighted by Crippen LogP contribution is -2.42. The van der Waals surface area contributed by atoms with Crippen LogP contribution in [-0.4, -0.2) is 47.1 Å². The molecule has 3 heterocycles. The van der Waals surface area contributed by atoms with Crippen molar-refractivity contribution < 1.29 is 0 Å². The van der Waals surface area contributed by atoms with Gasteiger partial charge in [0.2, 0.25) is 5.95 Å². The highest BCUT2D eigenvalue weighted by atomic mass is 15.3. The second kappa shape index (κ2) is 9.99. The lowest BCUT2D eigenvalue weighted by atomic mass is 9.96. The molecule has 1 atom stereocenters. The molecule has 0 spiro atoms. The van der Waals surface area contributed by atoms with Crippen LogP contribution in [-0.2, 0) is 19.4 Å². The average molecular weight is 420 g/mol. The van der Waals surface area contributed by atoms with Crippen LogP contribution in [0, 0.1) is 0 Å². The fourth-order valence-corrected chi connectivity index (χ4v) is 5.52. The molecule has 2 fully saturated rings. The summed E-state index contributed by atoms with van der Waals surface area (Å²) in [5, 5.41) is 3.75. The Hall–Kier alpha value is -2.14. The van der Waals surface area contributed by atoms with E-state index in [1.54, 1.807) is 0 Å². The Kier molecular flexibility index (Phi) is 6.68. The van der Waals surface area contributed by atoms with E-state index in [0.29, 0.717) is 6.04 Å². The van der Waals surface area contributed by atoms with Gasteiger partial charge >= 0.3 is 0 Å². The Morgan fingerprint density at radius 3 is 2.48 bits per heavy atom. The highest BCUT2D eigenvalue weighted by Crippen LogP contribution is 2.31. The zero-order chi connectivity index (χ0) is 20.9. The van der Waals surface area contributed by atoms with Crippen LogP contribution in [0.4, 0.5) is 11.8 Å². The molecule has 2 saturated heterocycles. The quantitative estimate of drug-likeness (QED) is 0.753. The molecule has 0 radical (unpaired) electrons. The summed E-state index contributed by atoms with van der Waals surface area (Å²) in [7, 11) is 0. The number of fused-ring (bicyclic) bond motifs is 1. The molecule has 2 aromatic rings. The molecule has 1 N–H and O–H groups in total. The molecule has 2 aliphatic heterocycles. The van der Waals surface area contributed by atoms with E-state index >= 15 is 0 Å². The zero-order valence-corrected chi connectivity index (χ0v) is 18.9. The normalized spacial score (nSPS) is 22.6. The Labute approximate surface area is 187 Å². The van der Waals surface area contributed by atoms with Gasteiger partial charge in [-0.1, -0.05) is 43.2 Å². The molecular formula is C26H37N5. The SMILES string of the molecule is c1ccc(CN2CCC[C@@H](Nc3nc4c(c(N5CCCCCC5)n3)CCCC4)C2)cc1. The highest BCUT2D eigenvalue weighted by molar-refractivity contribution is 5.54. The van der Waals surface area contributed by atoms with Crippen LogP contribution in [0.25, 0.3) is 0 Å². The molecule has 0 amide bonds. The topological polar surface area (TPSA) is 44.3 Å². The van der Waals surface area contributed by atoms with Crippen molar-refractivity contribution in [2.75, 3.05) is 36.4 Å². The van der Waals surface area contributed by atoms with Crippen LogP contribution in [0.15, 0.2) is 30.3 Å². The Morgan fingerprint density at radius 2 is 1.65 bits per heavy atom. The Morgan fingerprint density at radius 1 is 0.839 bits per heavy atom. The van der Waals surface area contributed by atoms with Crippen molar-refractivity contribution >= 4 is 11.8 Å². The third kappa shape index (κ3) is 5.20. The lowest BCUT2D eigenvalue weighted by molar-refractivity contribution is 0.208. The smallest absolute Gasteiger partial charge is 0.225 e. The first-order valence-electron chi connectivity index (χ1n) is 12.5. The summed E-state index contributed by atoms with van der Waals surface area (Å²) in [6, 6.07) is 11.3. The third-order valence-electron chi connectivity index (χ3n) is 7.15. The number of benzene rings is 1. The van der Waals surface area contributed by atoms with E-state index in [-0.39, 0.29) is 0 Å². The molecule has 1 aromatic heterocycles. The maximum absolute atomic E-state index is 5.14. The van der Waals surface area contributed by atoms with Crippen LogP contribution >= 0.6 is 0 Å². The number of likely N-dealkylation sites (tertiary alicyclic amines) is 1. The standard InChI is InChI=1S/C26H37N5/c1-2-9-18-31(17-8-1)25-23-14-6-7-15-24(23)28-26(29-25)27-22-13-10-16-30(20-22)19-21-11-4-3-5-12-21/h3-5,11-12,22H,1-2,6-10,13-20H2,(H,27,28,29)/t22-/m1/s1. The van der Waals surface area contributed by atoms with Crippen LogP contribution < -0.4 is 10.2 Å². The number of nitrogens with one attached hydrogen (secondary N) is 1. The van der Waals surface area contributed by atoms with Gasteiger partial charge in [0, 0.05) is 37.8 Å². The van der Waals surface area contributed by atoms with E-state index < -0.39 is 0 Å². The third-order valence-corrected chi connectivity index (χ3v) is 7.15. The molecule has 3 aliphatic rings. The van der Waals surface area contributed by atoms with Crippen LogP contribution in [0.5, 0.6) is 0 Å². The van der Waals surface area contributed by atoms with Gasteiger partial charge in [0.05, 0.1) is 5.69 Å². The molecular weight excluding hydrogens is 382 g/mol. The van der Waals surface area contributed by atoms with Crippen molar-refractivity contribution in [3.63, 3.8) is 0 Å². The van der Waals surface area contributed by atoms with E-state index in [0.717, 1.165) is 45.0 Å². The minimum absolute atomic E-state index is 0.427. The minimum Gasteiger partial charge on any atom is -0.356 e. The van der Waals surface area contributed by atoms with Crippen LogP contribution in [0.3, 0.4) is 0 Å². The number of rotatable bonds is 5. The summed E-state index contributed by atoms with van der Waals surface area (Å²) in [5.41, 5.74) is 4.14. The summed E-state index contributed by atoms with van der Waals surface area (Å²) in [6.45, 7) is 5.57. The monoisotopic (exact) mass is 419 g/mol. The highest BCUT2D eigenvalue weighted by Gasteiger charge is 2.25. The van der Waals surface area contributed by atoms with Gasteiger partial charge in [0.1, 0.15) is 5.82 Å². The number of aryl methyl sites for hydroxylation is 1. The molecule has 166 valence electrons. The molecule has 1 aromatic carbocycles. The average Bonchev–Trinajstić information content (AvgIpc) is 3.09. The molecule has 1 aliphatic carbocycles. The number of piperidine rings is 1. The number of hydrogen-bond donors (Lipinski definition) is 1. The van der Waals surface area contributed by atoms with Gasteiger partial charge in [-0.25, -0.2) is 4.98 Å². The first-order chi connectivity index (χ1) is 15.3. The first kappa shape index (κ1) is 20.7. The molecule has 0 bridgehead atoms. The fraction of sp³-hybridized carbons (Fsp3) is 0.615. The van der Waals surface area contributed by atoms with Crippen molar-refractivity contribution in [3.05, 3.63) is 47.2 Å². The van der Waals surface area contributed by atoms with Gasteiger partial charge in [-0.3, -0.25) is 4.90 Å². The van der Waals surface area contributed by atoms with Gasteiger partial charge in [-0.05, 0) is 63.5 Å². The van der Waals surface area contributed by atoms with E-state index in [9.17, 15) is 0 Å². The Balaban J connectivity index is 1.32. The zero-order valence-electron chi connectivity index (χ0n) is 18.9. The van der Waals surface area contributed by atoms with Crippen molar-refractivity contribution in [1.82, 2.24) is 14.9 Å². The maximum Gasteiger partial charge on any atom is 0.225 e. The fourth-order valence-electron chi connectivity index (χ4n) is 5.52. The van der Waals surface area contributed by atoms with Crippen LogP contribution in [0.2, 0.25) is 0 Å². The number of hydrogen-bond acceptors (Lipinski definition) is 5. The summed E-state index contributed by atoms with van der Waals surface area (Å²) in [6.07, 6.45) is 12.5. The molecule has 5 nitrogen and oxygen atoms in total. The van der Waals surface area contributed by atoms with Gasteiger partial charge in [0.25, 0.3) is 0 Å². The van der Waals surface area contributed by atoms with Crippen LogP contribution in [0.1, 0.15) is 68.2 Å². The van der Waals surface area contributed by atoms with Crippen molar-refractivity contribution in [2.45, 2.75) is 76.8 Å². The molecule has 5 heteroatoms. The second-order valence-corrected chi connectivity index (χ2v) is 9.61. The molecule has 5 rings (SSSR count). The number of anilines is 2. The summed E-state index contributed by atoms with van der Waals surface area (Å²) in [4.78, 5) is 15.3. The van der Waals surface area contributed by atoms with Gasteiger partial charge in [-0.15, -0.1) is 0 Å². The van der Waals surface area contributed by atoms with Gasteiger partial charge < -0.3 is 10.2 Å². The van der Waals surface area contributed by atoms with Crippen molar-refractivity contribution in [2.24, 2.45) is 0 Å². The predicted molar refractivity (Wildman–Crippen MR) is 128 cm³/mol. The number of nitrogens with zero attached hydrogens (tertiary/aromatic N) is 4. The summed E-state index contributed by atoms with van der Waals surface area (Å²) in [5.74, 6) is 2.11. The van der Waals surface area contributed by atoms with Gasteiger partial charge in [0.15, 0.2) is 0 Å². The first-order valence-corrected chi connectivity index (χ1v) is 12.5. The predicted octanol–water partition coefficient (Wildman–Crippen LogP) is 4.81. The number of aromatic nitrogens is 2. The van der Waals surface area contributed by atoms with E-state index in [1.807, 2.05) is 0 Å². The van der Waals surface area contributed by atoms with E-state index in [1.165, 1.54) is 80.6 Å². The molecule has 31 heavy (non-hydrogen) atoms. The van der Waals surface area contributed by atoms with Crippen molar-refractivity contribution in [1.29, 1.82) is 0 Å². The lowest BCUT2D eigenvalue weighted by Gasteiger charge is -2.34. The van der Waals surface area contributed by atoms with E-state index in [2.05, 4.69) is 45.4 Å². The van der Waals surface area contributed by atoms with Crippen molar-refractivity contribution in [3.8, 4) is 0 Å². The molecule has 0 saturated carbocycles. The summed E-state index contributed by atoms with van der Waals surface area (Å²) >= 11 is 0. The van der Waals surface area contributed by atoms with E-state index in [4.69, 9.17) is 9.97 Å². The molecule has 0 unspecified atom stereocenters. The van der Waals surface area contributed by atoms with Gasteiger partial charge in [-0.2, -0.15) is 4.98 Å². The second-order valence-electron chi connectivity index (χ2n) is 9.61. The minimum atomic E-state index is 0.427. The maximum atomic E-state index is 5.14. The Bertz CT molecular complexity index is 844. The largest absolute Gasteiger partial charge is 0.356 e. The summed E-state index contributed by atoms with van der Waals surface area (Å²) < 4.78 is 0.